The Morgan fingerprint density at radius 1 is 1.10 bits per heavy atom. The van der Waals surface area contributed by atoms with Crippen molar-refractivity contribution in [1.29, 1.82) is 0 Å². The average molecular weight is 285 g/mol. The molecule has 5 heteroatoms. The van der Waals surface area contributed by atoms with Gasteiger partial charge in [-0.05, 0) is 24.3 Å². The molecule has 0 aromatic heterocycles. The number of nitrogens with two attached hydrogens (primary N) is 1. The molecule has 21 heavy (non-hydrogen) atoms. The molecule has 0 saturated carbocycles. The Labute approximate surface area is 122 Å². The van der Waals surface area contributed by atoms with E-state index in [1.165, 1.54) is 12.1 Å². The van der Waals surface area contributed by atoms with Crippen molar-refractivity contribution in [1.82, 2.24) is 0 Å². The van der Waals surface area contributed by atoms with E-state index in [2.05, 4.69) is 4.90 Å². The van der Waals surface area contributed by atoms with Crippen LogP contribution in [0.25, 0.3) is 0 Å². The van der Waals surface area contributed by atoms with Crippen LogP contribution >= 0.6 is 0 Å². The Morgan fingerprint density at radius 3 is 2.57 bits per heavy atom. The van der Waals surface area contributed by atoms with Crippen LogP contribution < -0.4 is 15.5 Å². The van der Waals surface area contributed by atoms with E-state index < -0.39 is 5.82 Å². The fourth-order valence-electron chi connectivity index (χ4n) is 2.59. The topological polar surface area (TPSA) is 49.6 Å². The summed E-state index contributed by atoms with van der Waals surface area (Å²) >= 11 is 0. The minimum absolute atomic E-state index is 0.0982. The highest BCUT2D eigenvalue weighted by molar-refractivity contribution is 6.11. The van der Waals surface area contributed by atoms with Gasteiger partial charge in [-0.1, -0.05) is 18.2 Å². The average Bonchev–Trinajstić information content (AvgIpc) is 2.50. The van der Waals surface area contributed by atoms with Gasteiger partial charge in [0.1, 0.15) is 5.82 Å². The third-order valence-corrected chi connectivity index (χ3v) is 3.77. The zero-order valence-electron chi connectivity index (χ0n) is 11.7. The summed E-state index contributed by atoms with van der Waals surface area (Å²) in [5.41, 5.74) is 7.61. The van der Waals surface area contributed by atoms with E-state index in [-0.39, 0.29) is 17.2 Å². The largest absolute Gasteiger partial charge is 0.396 e. The van der Waals surface area contributed by atoms with Gasteiger partial charge in [0.25, 0.3) is 5.91 Å². The molecule has 2 aromatic rings. The van der Waals surface area contributed by atoms with Crippen molar-refractivity contribution in [2.24, 2.45) is 0 Å². The molecule has 0 unspecified atom stereocenters. The smallest absolute Gasteiger partial charge is 0.260 e. The van der Waals surface area contributed by atoms with E-state index in [1.54, 1.807) is 11.0 Å². The molecule has 4 nitrogen and oxygen atoms in total. The first-order valence-electron chi connectivity index (χ1n) is 6.75. The van der Waals surface area contributed by atoms with Crippen LogP contribution in [0.2, 0.25) is 0 Å². The number of benzene rings is 2. The monoisotopic (exact) mass is 285 g/mol. The standard InChI is InChI=1S/C16H16FN3O/c1-19-9-10-20(14-8-3-2-7-13(14)19)16(21)11-5-4-6-12(17)15(11)18/h2-8H,9-10,18H2,1H3. The van der Waals surface area contributed by atoms with Gasteiger partial charge in [0, 0.05) is 20.1 Å². The third kappa shape index (κ3) is 2.20. The van der Waals surface area contributed by atoms with E-state index in [0.29, 0.717) is 6.54 Å². The van der Waals surface area contributed by atoms with Crippen molar-refractivity contribution in [2.75, 3.05) is 35.7 Å². The molecule has 0 bridgehead atoms. The van der Waals surface area contributed by atoms with E-state index >= 15 is 0 Å². The summed E-state index contributed by atoms with van der Waals surface area (Å²) in [5.74, 6) is -0.837. The van der Waals surface area contributed by atoms with E-state index in [4.69, 9.17) is 5.73 Å². The van der Waals surface area contributed by atoms with Crippen LogP contribution in [0.4, 0.5) is 21.5 Å². The SMILES string of the molecule is CN1CCN(C(=O)c2cccc(F)c2N)c2ccccc21. The molecule has 1 amide bonds. The predicted octanol–water partition coefficient (Wildman–Crippen LogP) is 2.50. The summed E-state index contributed by atoms with van der Waals surface area (Å²) in [6.45, 7) is 1.26. The molecule has 2 aromatic carbocycles. The fourth-order valence-corrected chi connectivity index (χ4v) is 2.59. The maximum atomic E-state index is 13.6. The van der Waals surface area contributed by atoms with Crippen molar-refractivity contribution < 1.29 is 9.18 Å². The van der Waals surface area contributed by atoms with Crippen LogP contribution in [-0.4, -0.2) is 26.0 Å². The van der Waals surface area contributed by atoms with Gasteiger partial charge in [-0.15, -0.1) is 0 Å². The van der Waals surface area contributed by atoms with Crippen molar-refractivity contribution in [2.45, 2.75) is 0 Å². The maximum Gasteiger partial charge on any atom is 0.260 e. The molecule has 0 fully saturated rings. The highest BCUT2D eigenvalue weighted by Crippen LogP contribution is 2.33. The highest BCUT2D eigenvalue weighted by atomic mass is 19.1. The fraction of sp³-hybridized carbons (Fsp3) is 0.188. The second-order valence-corrected chi connectivity index (χ2v) is 5.07. The maximum absolute atomic E-state index is 13.6. The first kappa shape index (κ1) is 13.4. The predicted molar refractivity (Wildman–Crippen MR) is 82.2 cm³/mol. The van der Waals surface area contributed by atoms with Gasteiger partial charge in [-0.25, -0.2) is 4.39 Å². The first-order valence-corrected chi connectivity index (χ1v) is 6.75. The second kappa shape index (κ2) is 5.09. The van der Waals surface area contributed by atoms with Crippen LogP contribution in [-0.2, 0) is 0 Å². The zero-order valence-corrected chi connectivity index (χ0v) is 11.7. The Morgan fingerprint density at radius 2 is 1.81 bits per heavy atom. The lowest BCUT2D eigenvalue weighted by Gasteiger charge is -2.35. The Bertz CT molecular complexity index is 702. The Kier molecular flexibility index (Phi) is 3.25. The van der Waals surface area contributed by atoms with E-state index in [1.807, 2.05) is 31.3 Å². The minimum Gasteiger partial charge on any atom is -0.396 e. The van der Waals surface area contributed by atoms with Crippen molar-refractivity contribution >= 4 is 23.0 Å². The van der Waals surface area contributed by atoms with Crippen LogP contribution in [0.15, 0.2) is 42.5 Å². The number of hydrogen-bond acceptors (Lipinski definition) is 3. The lowest BCUT2D eigenvalue weighted by Crippen LogP contribution is -2.42. The number of likely N-dealkylation sites (N-methyl/N-ethyl adjacent to an activating group) is 1. The molecule has 0 radical (unpaired) electrons. The van der Waals surface area contributed by atoms with E-state index in [9.17, 15) is 9.18 Å². The van der Waals surface area contributed by atoms with Crippen molar-refractivity contribution in [3.63, 3.8) is 0 Å². The van der Waals surface area contributed by atoms with Crippen molar-refractivity contribution in [3.05, 3.63) is 53.8 Å². The number of nitrogens with zero attached hydrogens (tertiary/aromatic N) is 2. The number of anilines is 3. The number of amides is 1. The number of hydrogen-bond donors (Lipinski definition) is 1. The van der Waals surface area contributed by atoms with Gasteiger partial charge in [-0.3, -0.25) is 4.79 Å². The lowest BCUT2D eigenvalue weighted by atomic mass is 10.1. The number of carbonyl (C=O) groups excluding carboxylic acids is 1. The summed E-state index contributed by atoms with van der Waals surface area (Å²) in [5, 5.41) is 0. The van der Waals surface area contributed by atoms with Crippen LogP contribution in [0.5, 0.6) is 0 Å². The molecule has 2 N–H and O–H groups in total. The molecule has 1 aliphatic rings. The Hall–Kier alpha value is -2.56. The van der Waals surface area contributed by atoms with Crippen molar-refractivity contribution in [3.8, 4) is 0 Å². The highest BCUT2D eigenvalue weighted by Gasteiger charge is 2.27. The van der Waals surface area contributed by atoms with Crippen LogP contribution in [0, 0.1) is 5.82 Å². The number of para-hydroxylation sites is 3. The molecule has 3 rings (SSSR count). The van der Waals surface area contributed by atoms with Gasteiger partial charge in [0.15, 0.2) is 0 Å². The van der Waals surface area contributed by atoms with E-state index in [0.717, 1.165) is 17.9 Å². The number of rotatable bonds is 1. The molecule has 108 valence electrons. The summed E-state index contributed by atoms with van der Waals surface area (Å²) < 4.78 is 13.6. The molecular weight excluding hydrogens is 269 g/mol. The van der Waals surface area contributed by atoms with Gasteiger partial charge >= 0.3 is 0 Å². The summed E-state index contributed by atoms with van der Waals surface area (Å²) in [6, 6.07) is 12.0. The van der Waals surface area contributed by atoms with Gasteiger partial charge in [0.2, 0.25) is 0 Å². The molecule has 0 aliphatic carbocycles. The summed E-state index contributed by atoms with van der Waals surface area (Å²) in [6.07, 6.45) is 0. The summed E-state index contributed by atoms with van der Waals surface area (Å²) in [4.78, 5) is 16.4. The molecule has 0 spiro atoms. The lowest BCUT2D eigenvalue weighted by molar-refractivity contribution is 0.0987. The minimum atomic E-state index is -0.566. The number of fused-ring (bicyclic) bond motifs is 1. The normalized spacial score (nSPS) is 14.0. The third-order valence-electron chi connectivity index (χ3n) is 3.77. The number of nitrogen functional groups attached to an aromatic ring is 1. The quantitative estimate of drug-likeness (QED) is 0.819. The number of carbonyl (C=O) groups is 1. The summed E-state index contributed by atoms with van der Waals surface area (Å²) in [7, 11) is 1.98. The molecular formula is C16H16FN3O. The zero-order chi connectivity index (χ0) is 15.0. The van der Waals surface area contributed by atoms with Gasteiger partial charge < -0.3 is 15.5 Å². The number of halogens is 1. The molecule has 1 aliphatic heterocycles. The molecule has 1 heterocycles. The van der Waals surface area contributed by atoms with Gasteiger partial charge in [0.05, 0.1) is 22.6 Å². The van der Waals surface area contributed by atoms with Gasteiger partial charge in [-0.2, -0.15) is 0 Å². The Balaban J connectivity index is 2.03. The first-order chi connectivity index (χ1) is 10.1. The van der Waals surface area contributed by atoms with Crippen LogP contribution in [0.3, 0.4) is 0 Å². The second-order valence-electron chi connectivity index (χ2n) is 5.07. The molecule has 0 saturated heterocycles. The molecule has 0 atom stereocenters. The van der Waals surface area contributed by atoms with Crippen LogP contribution in [0.1, 0.15) is 10.4 Å².